The Balaban J connectivity index is 0. The van der Waals surface area contributed by atoms with Gasteiger partial charge in [-0.3, -0.25) is 4.39 Å². The summed E-state index contributed by atoms with van der Waals surface area (Å²) in [4.78, 5) is 0. The Kier molecular flexibility index (Phi) is 20.2. The molecule has 0 aliphatic carbocycles. The third-order valence-electron chi connectivity index (χ3n) is 1.41. The molecule has 0 unspecified atom stereocenters. The van der Waals surface area contributed by atoms with Crippen LogP contribution in [-0.4, -0.2) is 20.3 Å². The van der Waals surface area contributed by atoms with Gasteiger partial charge in [0.05, 0.1) is 7.18 Å². The highest BCUT2D eigenvalue weighted by molar-refractivity contribution is 4.45. The van der Waals surface area contributed by atoms with Crippen molar-refractivity contribution >= 4 is 0 Å². The summed E-state index contributed by atoms with van der Waals surface area (Å²) < 4.78 is 9.50. The van der Waals surface area contributed by atoms with Gasteiger partial charge in [0.25, 0.3) is 0 Å². The first-order chi connectivity index (χ1) is 5.41. The second-order valence-corrected chi connectivity index (χ2v) is 2.46. The van der Waals surface area contributed by atoms with Gasteiger partial charge in [-0.2, -0.15) is 0 Å². The topological polar surface area (TPSA) is 12.0 Å². The molecule has 0 atom stereocenters. The van der Waals surface area contributed by atoms with Crippen molar-refractivity contribution in [2.24, 2.45) is 0 Å². The molecule has 1 nitrogen and oxygen atoms in total. The Morgan fingerprint density at radius 1 is 0.909 bits per heavy atom. The predicted octanol–water partition coefficient (Wildman–Crippen LogP) is 2.76. The summed E-state index contributed by atoms with van der Waals surface area (Å²) in [6.07, 6.45) is 5.26. The lowest BCUT2D eigenvalue weighted by molar-refractivity contribution is 0.611. The molecule has 0 aromatic rings. The molecule has 0 aromatic heterocycles. The second kappa shape index (κ2) is 16.5. The number of nitrogens with one attached hydrogen (secondary N) is 1. The fraction of sp³-hybridized carbons (Fsp3) is 1.00. The van der Waals surface area contributed by atoms with E-state index in [0.29, 0.717) is 7.18 Å². The summed E-state index contributed by atoms with van der Waals surface area (Å²) in [7, 11) is 0.500. The normalized spacial score (nSPS) is 8.73. The minimum atomic E-state index is 0.500. The van der Waals surface area contributed by atoms with Crippen molar-refractivity contribution in [3.05, 3.63) is 0 Å². The van der Waals surface area contributed by atoms with Crippen molar-refractivity contribution < 1.29 is 4.39 Å². The molecule has 1 N–H and O–H groups in total. The standard InChI is InChI=1S/C8H19N.CH3F/c1-3-5-7-9-8-6-4-2;1-2/h9H,3-8H2,1-2H3;1H3. The minimum absolute atomic E-state index is 0.500. The first-order valence-electron chi connectivity index (χ1n) is 4.50. The van der Waals surface area contributed by atoms with Gasteiger partial charge in [-0.05, 0) is 25.9 Å². The molecular formula is C9H22FN. The lowest BCUT2D eigenvalue weighted by atomic mass is 10.3. The van der Waals surface area contributed by atoms with Crippen LogP contribution in [0.1, 0.15) is 39.5 Å². The maximum Gasteiger partial charge on any atom is 0.0785 e. The molecule has 0 aliphatic heterocycles. The zero-order chi connectivity index (χ0) is 8.95. The zero-order valence-electron chi connectivity index (χ0n) is 8.12. The van der Waals surface area contributed by atoms with E-state index in [-0.39, 0.29) is 0 Å². The number of hydrogen-bond donors (Lipinski definition) is 1. The van der Waals surface area contributed by atoms with E-state index in [1.54, 1.807) is 0 Å². The van der Waals surface area contributed by atoms with Gasteiger partial charge in [0.15, 0.2) is 0 Å². The van der Waals surface area contributed by atoms with E-state index < -0.39 is 0 Å². The molecule has 0 rings (SSSR count). The lowest BCUT2D eigenvalue weighted by Crippen LogP contribution is -2.15. The molecule has 0 bridgehead atoms. The molecule has 70 valence electrons. The van der Waals surface area contributed by atoms with Crippen LogP contribution in [0, 0.1) is 0 Å². The fourth-order valence-electron chi connectivity index (χ4n) is 0.729. The summed E-state index contributed by atoms with van der Waals surface area (Å²) in [5, 5.41) is 3.39. The number of halogens is 1. The Morgan fingerprint density at radius 2 is 1.27 bits per heavy atom. The predicted molar refractivity (Wildman–Crippen MR) is 49.7 cm³/mol. The summed E-state index contributed by atoms with van der Waals surface area (Å²) in [5.41, 5.74) is 0. The Bertz CT molecular complexity index is 42.8. The highest BCUT2D eigenvalue weighted by Gasteiger charge is 1.83. The maximum atomic E-state index is 9.50. The van der Waals surface area contributed by atoms with Gasteiger partial charge < -0.3 is 5.32 Å². The van der Waals surface area contributed by atoms with Crippen LogP contribution in [0.15, 0.2) is 0 Å². The molecule has 11 heavy (non-hydrogen) atoms. The van der Waals surface area contributed by atoms with Crippen LogP contribution in [0.25, 0.3) is 0 Å². The van der Waals surface area contributed by atoms with Gasteiger partial charge in [0.1, 0.15) is 0 Å². The van der Waals surface area contributed by atoms with Gasteiger partial charge in [-0.15, -0.1) is 0 Å². The molecule has 0 radical (unpaired) electrons. The monoisotopic (exact) mass is 163 g/mol. The summed E-state index contributed by atoms with van der Waals surface area (Å²) in [5.74, 6) is 0. The van der Waals surface area contributed by atoms with E-state index in [4.69, 9.17) is 0 Å². The quantitative estimate of drug-likeness (QED) is 0.594. The number of unbranched alkanes of at least 4 members (excludes halogenated alkanes) is 2. The minimum Gasteiger partial charge on any atom is -0.317 e. The van der Waals surface area contributed by atoms with Crippen molar-refractivity contribution in [1.29, 1.82) is 0 Å². The second-order valence-electron chi connectivity index (χ2n) is 2.46. The largest absolute Gasteiger partial charge is 0.317 e. The third-order valence-corrected chi connectivity index (χ3v) is 1.41. The number of rotatable bonds is 6. The molecule has 0 heterocycles. The zero-order valence-corrected chi connectivity index (χ0v) is 8.12. The molecule has 0 fully saturated rings. The smallest absolute Gasteiger partial charge is 0.0785 e. The van der Waals surface area contributed by atoms with Crippen molar-refractivity contribution in [2.75, 3.05) is 20.3 Å². The van der Waals surface area contributed by atoms with E-state index in [9.17, 15) is 4.39 Å². The van der Waals surface area contributed by atoms with Gasteiger partial charge in [0, 0.05) is 0 Å². The van der Waals surface area contributed by atoms with Crippen LogP contribution >= 0.6 is 0 Å². The highest BCUT2D eigenvalue weighted by Crippen LogP contribution is 1.85. The first-order valence-corrected chi connectivity index (χ1v) is 4.50. The third kappa shape index (κ3) is 17.7. The van der Waals surface area contributed by atoms with Gasteiger partial charge in [-0.1, -0.05) is 26.7 Å². The molecule has 0 spiro atoms. The van der Waals surface area contributed by atoms with E-state index in [1.807, 2.05) is 0 Å². The summed E-state index contributed by atoms with van der Waals surface area (Å²) >= 11 is 0. The van der Waals surface area contributed by atoms with Crippen molar-refractivity contribution in [1.82, 2.24) is 5.32 Å². The van der Waals surface area contributed by atoms with Gasteiger partial charge in [0.2, 0.25) is 0 Å². The van der Waals surface area contributed by atoms with E-state index in [1.165, 1.54) is 38.8 Å². The average Bonchev–Trinajstić information content (AvgIpc) is 2.08. The maximum absolute atomic E-state index is 9.50. The molecule has 0 aromatic carbocycles. The fourth-order valence-corrected chi connectivity index (χ4v) is 0.729. The Labute approximate surface area is 70.4 Å². The average molecular weight is 163 g/mol. The molecule has 2 heteroatoms. The SMILES string of the molecule is CCCCNCCCC.CF. The molecule has 0 saturated carbocycles. The van der Waals surface area contributed by atoms with Crippen molar-refractivity contribution in [2.45, 2.75) is 39.5 Å². The van der Waals surface area contributed by atoms with E-state index in [2.05, 4.69) is 19.2 Å². The van der Waals surface area contributed by atoms with E-state index >= 15 is 0 Å². The Hall–Kier alpha value is -0.110. The molecule has 0 amide bonds. The van der Waals surface area contributed by atoms with Crippen LogP contribution < -0.4 is 5.32 Å². The first kappa shape index (κ1) is 13.5. The summed E-state index contributed by atoms with van der Waals surface area (Å²) in [6.45, 7) is 6.86. The summed E-state index contributed by atoms with van der Waals surface area (Å²) in [6, 6.07) is 0. The van der Waals surface area contributed by atoms with Crippen molar-refractivity contribution in [3.8, 4) is 0 Å². The van der Waals surface area contributed by atoms with Gasteiger partial charge >= 0.3 is 0 Å². The van der Waals surface area contributed by atoms with Crippen LogP contribution in [0.2, 0.25) is 0 Å². The van der Waals surface area contributed by atoms with Crippen molar-refractivity contribution in [3.63, 3.8) is 0 Å². The van der Waals surface area contributed by atoms with Crippen LogP contribution in [-0.2, 0) is 0 Å². The Morgan fingerprint density at radius 3 is 1.55 bits per heavy atom. The van der Waals surface area contributed by atoms with Gasteiger partial charge in [-0.25, -0.2) is 0 Å². The number of alkyl halides is 1. The molecule has 0 saturated heterocycles. The molecule has 0 aliphatic rings. The van der Waals surface area contributed by atoms with Crippen LogP contribution in [0.5, 0.6) is 0 Å². The number of hydrogen-bond acceptors (Lipinski definition) is 1. The van der Waals surface area contributed by atoms with Crippen LogP contribution in [0.4, 0.5) is 4.39 Å². The van der Waals surface area contributed by atoms with E-state index in [0.717, 1.165) is 0 Å². The highest BCUT2D eigenvalue weighted by atomic mass is 19.1. The lowest BCUT2D eigenvalue weighted by Gasteiger charge is -1.99. The van der Waals surface area contributed by atoms with Crippen LogP contribution in [0.3, 0.4) is 0 Å². The molecular weight excluding hydrogens is 141 g/mol.